The molecule has 2 aromatic rings. The Balaban J connectivity index is 1.84. The van der Waals surface area contributed by atoms with E-state index in [1.807, 2.05) is 0 Å². The first kappa shape index (κ1) is 15.6. The maximum absolute atomic E-state index is 3.58. The van der Waals surface area contributed by atoms with E-state index in [-0.39, 0.29) is 0 Å². The third-order valence-corrected chi connectivity index (χ3v) is 3.77. The molecule has 0 saturated heterocycles. The highest BCUT2D eigenvalue weighted by Crippen LogP contribution is 2.21. The Kier molecular flexibility index (Phi) is 5.40. The minimum Gasteiger partial charge on any atom is -0.383 e. The van der Waals surface area contributed by atoms with Crippen LogP contribution in [0.25, 0.3) is 0 Å². The van der Waals surface area contributed by atoms with Crippen molar-refractivity contribution in [3.8, 4) is 0 Å². The van der Waals surface area contributed by atoms with Gasteiger partial charge in [0.15, 0.2) is 0 Å². The predicted octanol–water partition coefficient (Wildman–Crippen LogP) is 4.16. The molecule has 0 aromatic heterocycles. The average molecular weight is 282 g/mol. The standard InChI is InChI=1S/C19H26N2/c1-15-12-16(2)19(17(3)13-15)20-10-11-21(4)14-18-8-6-5-7-9-18/h5-9,12-13,20H,10-11,14H2,1-4H3. The number of nitrogens with one attached hydrogen (secondary N) is 1. The lowest BCUT2D eigenvalue weighted by molar-refractivity contribution is 0.340. The number of aryl methyl sites for hydroxylation is 3. The van der Waals surface area contributed by atoms with E-state index < -0.39 is 0 Å². The second-order valence-electron chi connectivity index (χ2n) is 5.92. The van der Waals surface area contributed by atoms with Crippen LogP contribution in [0.2, 0.25) is 0 Å². The summed E-state index contributed by atoms with van der Waals surface area (Å²) in [6.07, 6.45) is 0. The number of anilines is 1. The summed E-state index contributed by atoms with van der Waals surface area (Å²) in [5.41, 5.74) is 6.64. The van der Waals surface area contributed by atoms with E-state index in [1.165, 1.54) is 27.9 Å². The molecule has 0 heterocycles. The van der Waals surface area contributed by atoms with Crippen molar-refractivity contribution in [3.05, 3.63) is 64.7 Å². The Morgan fingerprint density at radius 2 is 1.57 bits per heavy atom. The van der Waals surface area contributed by atoms with Crippen LogP contribution in [-0.4, -0.2) is 25.0 Å². The van der Waals surface area contributed by atoms with Gasteiger partial charge in [0, 0.05) is 25.3 Å². The van der Waals surface area contributed by atoms with Crippen molar-refractivity contribution in [1.29, 1.82) is 0 Å². The number of rotatable bonds is 6. The van der Waals surface area contributed by atoms with Crippen molar-refractivity contribution in [1.82, 2.24) is 4.90 Å². The van der Waals surface area contributed by atoms with Crippen molar-refractivity contribution in [2.45, 2.75) is 27.3 Å². The van der Waals surface area contributed by atoms with Crippen LogP contribution in [0.1, 0.15) is 22.3 Å². The van der Waals surface area contributed by atoms with Crippen LogP contribution in [-0.2, 0) is 6.54 Å². The molecule has 0 unspecified atom stereocenters. The highest BCUT2D eigenvalue weighted by Gasteiger charge is 2.04. The molecular weight excluding hydrogens is 256 g/mol. The molecule has 0 fully saturated rings. The van der Waals surface area contributed by atoms with Crippen LogP contribution < -0.4 is 5.32 Å². The zero-order valence-corrected chi connectivity index (χ0v) is 13.6. The van der Waals surface area contributed by atoms with Crippen LogP contribution in [0, 0.1) is 20.8 Å². The van der Waals surface area contributed by atoms with E-state index in [0.29, 0.717) is 0 Å². The Hall–Kier alpha value is -1.80. The molecule has 0 amide bonds. The van der Waals surface area contributed by atoms with Gasteiger partial charge in [0.1, 0.15) is 0 Å². The van der Waals surface area contributed by atoms with Gasteiger partial charge in [0.05, 0.1) is 0 Å². The minimum absolute atomic E-state index is 0.966. The van der Waals surface area contributed by atoms with Crippen molar-refractivity contribution in [2.75, 3.05) is 25.5 Å². The van der Waals surface area contributed by atoms with Gasteiger partial charge in [-0.05, 0) is 44.5 Å². The Morgan fingerprint density at radius 3 is 2.19 bits per heavy atom. The fourth-order valence-electron chi connectivity index (χ4n) is 2.80. The Labute approximate surface area is 128 Å². The fraction of sp³-hybridized carbons (Fsp3) is 0.368. The van der Waals surface area contributed by atoms with Gasteiger partial charge < -0.3 is 10.2 Å². The van der Waals surface area contributed by atoms with Gasteiger partial charge >= 0.3 is 0 Å². The van der Waals surface area contributed by atoms with Gasteiger partial charge in [-0.3, -0.25) is 0 Å². The molecule has 0 bridgehead atoms. The number of likely N-dealkylation sites (N-methyl/N-ethyl adjacent to an activating group) is 1. The molecule has 21 heavy (non-hydrogen) atoms. The molecule has 0 aliphatic rings. The summed E-state index contributed by atoms with van der Waals surface area (Å²) >= 11 is 0. The fourth-order valence-corrected chi connectivity index (χ4v) is 2.80. The monoisotopic (exact) mass is 282 g/mol. The van der Waals surface area contributed by atoms with Gasteiger partial charge in [0.25, 0.3) is 0 Å². The highest BCUT2D eigenvalue weighted by atomic mass is 15.1. The zero-order valence-electron chi connectivity index (χ0n) is 13.6. The molecule has 112 valence electrons. The zero-order chi connectivity index (χ0) is 15.2. The molecule has 1 N–H and O–H groups in total. The molecular formula is C19H26N2. The second kappa shape index (κ2) is 7.28. The van der Waals surface area contributed by atoms with Crippen LogP contribution in [0.4, 0.5) is 5.69 Å². The third kappa shape index (κ3) is 4.61. The van der Waals surface area contributed by atoms with E-state index in [0.717, 1.165) is 19.6 Å². The summed E-state index contributed by atoms with van der Waals surface area (Å²) in [6.45, 7) is 9.49. The van der Waals surface area contributed by atoms with E-state index in [2.05, 4.69) is 80.5 Å². The van der Waals surface area contributed by atoms with Crippen molar-refractivity contribution < 1.29 is 0 Å². The number of nitrogens with zero attached hydrogens (tertiary/aromatic N) is 1. The summed E-state index contributed by atoms with van der Waals surface area (Å²) in [5, 5.41) is 3.58. The Morgan fingerprint density at radius 1 is 0.952 bits per heavy atom. The number of hydrogen-bond donors (Lipinski definition) is 1. The van der Waals surface area contributed by atoms with Gasteiger partial charge in [-0.25, -0.2) is 0 Å². The Bertz CT molecular complexity index is 552. The topological polar surface area (TPSA) is 15.3 Å². The van der Waals surface area contributed by atoms with Gasteiger partial charge in [-0.1, -0.05) is 48.0 Å². The van der Waals surface area contributed by atoms with Gasteiger partial charge in [-0.15, -0.1) is 0 Å². The quantitative estimate of drug-likeness (QED) is 0.856. The SMILES string of the molecule is Cc1cc(C)c(NCCN(C)Cc2ccccc2)c(C)c1. The largest absolute Gasteiger partial charge is 0.383 e. The highest BCUT2D eigenvalue weighted by molar-refractivity contribution is 5.58. The smallest absolute Gasteiger partial charge is 0.0400 e. The summed E-state index contributed by atoms with van der Waals surface area (Å²) in [5.74, 6) is 0. The van der Waals surface area contributed by atoms with Gasteiger partial charge in [-0.2, -0.15) is 0 Å². The third-order valence-electron chi connectivity index (χ3n) is 3.77. The molecule has 0 aliphatic carbocycles. The summed E-state index contributed by atoms with van der Waals surface area (Å²) in [4.78, 5) is 2.35. The summed E-state index contributed by atoms with van der Waals surface area (Å²) in [7, 11) is 2.17. The van der Waals surface area contributed by atoms with E-state index >= 15 is 0 Å². The molecule has 2 aromatic carbocycles. The predicted molar refractivity (Wildman–Crippen MR) is 91.9 cm³/mol. The van der Waals surface area contributed by atoms with Crippen LogP contribution in [0.15, 0.2) is 42.5 Å². The molecule has 2 heteroatoms. The number of benzene rings is 2. The maximum atomic E-state index is 3.58. The van der Waals surface area contributed by atoms with Crippen molar-refractivity contribution in [2.24, 2.45) is 0 Å². The van der Waals surface area contributed by atoms with Gasteiger partial charge in [0.2, 0.25) is 0 Å². The molecule has 0 atom stereocenters. The molecule has 0 saturated carbocycles. The van der Waals surface area contributed by atoms with E-state index in [1.54, 1.807) is 0 Å². The molecule has 2 rings (SSSR count). The van der Waals surface area contributed by atoms with Crippen molar-refractivity contribution in [3.63, 3.8) is 0 Å². The minimum atomic E-state index is 0.966. The lowest BCUT2D eigenvalue weighted by atomic mass is 10.1. The maximum Gasteiger partial charge on any atom is 0.0400 e. The van der Waals surface area contributed by atoms with Crippen molar-refractivity contribution >= 4 is 5.69 Å². The molecule has 2 nitrogen and oxygen atoms in total. The average Bonchev–Trinajstić information content (AvgIpc) is 2.42. The van der Waals surface area contributed by atoms with E-state index in [9.17, 15) is 0 Å². The first-order valence-corrected chi connectivity index (χ1v) is 7.60. The first-order valence-electron chi connectivity index (χ1n) is 7.60. The summed E-state index contributed by atoms with van der Waals surface area (Å²) < 4.78 is 0. The lowest BCUT2D eigenvalue weighted by Gasteiger charge is -2.19. The molecule has 0 aliphatic heterocycles. The lowest BCUT2D eigenvalue weighted by Crippen LogP contribution is -2.25. The molecule has 0 radical (unpaired) electrons. The second-order valence-corrected chi connectivity index (χ2v) is 5.92. The summed E-state index contributed by atoms with van der Waals surface area (Å²) in [6, 6.07) is 15.1. The normalized spacial score (nSPS) is 10.9. The van der Waals surface area contributed by atoms with Crippen LogP contribution in [0.3, 0.4) is 0 Å². The van der Waals surface area contributed by atoms with Crippen LogP contribution in [0.5, 0.6) is 0 Å². The first-order chi connectivity index (χ1) is 10.1. The number of hydrogen-bond acceptors (Lipinski definition) is 2. The van der Waals surface area contributed by atoms with Crippen LogP contribution >= 0.6 is 0 Å². The van der Waals surface area contributed by atoms with E-state index in [4.69, 9.17) is 0 Å². The molecule has 0 spiro atoms.